The molecule has 3 aromatic rings. The molecule has 0 unspecified atom stereocenters. The summed E-state index contributed by atoms with van der Waals surface area (Å²) in [5.41, 5.74) is 4.79. The van der Waals surface area contributed by atoms with E-state index in [-0.39, 0.29) is 5.91 Å². The highest BCUT2D eigenvalue weighted by Gasteiger charge is 2.23. The van der Waals surface area contributed by atoms with Crippen molar-refractivity contribution in [2.24, 2.45) is 0 Å². The lowest BCUT2D eigenvalue weighted by atomic mass is 10.1. The normalized spacial score (nSPS) is 14.8. The minimum absolute atomic E-state index is 0.0870. The quantitative estimate of drug-likeness (QED) is 0.695. The van der Waals surface area contributed by atoms with Gasteiger partial charge in [0.05, 0.1) is 17.0 Å². The molecule has 0 bridgehead atoms. The monoisotopic (exact) mass is 371 g/mol. The first-order valence-electron chi connectivity index (χ1n) is 9.79. The fourth-order valence-electron chi connectivity index (χ4n) is 3.68. The highest BCUT2D eigenvalue weighted by Crippen LogP contribution is 2.20. The van der Waals surface area contributed by atoms with E-state index in [1.807, 2.05) is 60.4 Å². The molecule has 4 nitrogen and oxygen atoms in total. The minimum Gasteiger partial charge on any atom is -0.336 e. The van der Waals surface area contributed by atoms with Crippen molar-refractivity contribution >= 4 is 5.91 Å². The number of piperazine rings is 1. The Hall–Kier alpha value is -2.98. The zero-order chi connectivity index (χ0) is 19.3. The maximum absolute atomic E-state index is 13.0. The predicted molar refractivity (Wildman–Crippen MR) is 112 cm³/mol. The van der Waals surface area contributed by atoms with Crippen LogP contribution in [-0.4, -0.2) is 46.9 Å². The summed E-state index contributed by atoms with van der Waals surface area (Å²) < 4.78 is 0. The molecule has 0 saturated carbocycles. The van der Waals surface area contributed by atoms with E-state index in [0.29, 0.717) is 5.56 Å². The lowest BCUT2D eigenvalue weighted by Gasteiger charge is -2.35. The number of hydrogen-bond acceptors (Lipinski definition) is 3. The summed E-state index contributed by atoms with van der Waals surface area (Å²) in [4.78, 5) is 22.0. The zero-order valence-corrected chi connectivity index (χ0v) is 16.2. The number of hydrogen-bond donors (Lipinski definition) is 0. The molecular weight excluding hydrogens is 346 g/mol. The molecular formula is C24H25N3O. The van der Waals surface area contributed by atoms with Crippen LogP contribution in [0.2, 0.25) is 0 Å². The number of carbonyl (C=O) groups excluding carboxylic acids is 1. The van der Waals surface area contributed by atoms with Crippen molar-refractivity contribution in [3.63, 3.8) is 0 Å². The highest BCUT2D eigenvalue weighted by atomic mass is 16.2. The maximum Gasteiger partial charge on any atom is 0.255 e. The standard InChI is InChI=1S/C24H25N3O/c1-19-22(12-13-23(25-19)21-10-6-3-7-11-21)24(28)27-16-14-26(15-17-27)18-20-8-4-2-5-9-20/h2-13H,14-18H2,1H3. The van der Waals surface area contributed by atoms with Gasteiger partial charge in [0, 0.05) is 38.3 Å². The second kappa shape index (κ2) is 8.36. The fourth-order valence-corrected chi connectivity index (χ4v) is 3.68. The van der Waals surface area contributed by atoms with Gasteiger partial charge in [-0.05, 0) is 24.6 Å². The second-order valence-corrected chi connectivity index (χ2v) is 7.25. The van der Waals surface area contributed by atoms with Crippen molar-refractivity contribution < 1.29 is 4.79 Å². The van der Waals surface area contributed by atoms with Gasteiger partial charge in [0.1, 0.15) is 0 Å². The molecule has 1 saturated heterocycles. The van der Waals surface area contributed by atoms with Crippen molar-refractivity contribution in [1.29, 1.82) is 0 Å². The van der Waals surface area contributed by atoms with E-state index >= 15 is 0 Å². The molecule has 2 heterocycles. The van der Waals surface area contributed by atoms with Gasteiger partial charge in [-0.2, -0.15) is 0 Å². The van der Waals surface area contributed by atoms with Crippen LogP contribution in [-0.2, 0) is 6.54 Å². The smallest absolute Gasteiger partial charge is 0.255 e. The van der Waals surface area contributed by atoms with Crippen LogP contribution in [0.25, 0.3) is 11.3 Å². The minimum atomic E-state index is 0.0870. The Kier molecular flexibility index (Phi) is 5.49. The Labute approximate surface area is 166 Å². The molecule has 0 N–H and O–H groups in total. The number of rotatable bonds is 4. The molecule has 142 valence electrons. The summed E-state index contributed by atoms with van der Waals surface area (Å²) in [5, 5.41) is 0. The topological polar surface area (TPSA) is 36.4 Å². The molecule has 0 aliphatic carbocycles. The Morgan fingerprint density at radius 3 is 2.14 bits per heavy atom. The van der Waals surface area contributed by atoms with Gasteiger partial charge < -0.3 is 4.90 Å². The first-order chi connectivity index (χ1) is 13.7. The van der Waals surface area contributed by atoms with Crippen LogP contribution >= 0.6 is 0 Å². The third-order valence-electron chi connectivity index (χ3n) is 5.29. The van der Waals surface area contributed by atoms with Crippen molar-refractivity contribution in [3.05, 3.63) is 89.6 Å². The molecule has 4 rings (SSSR count). The zero-order valence-electron chi connectivity index (χ0n) is 16.2. The summed E-state index contributed by atoms with van der Waals surface area (Å²) in [6.07, 6.45) is 0. The van der Waals surface area contributed by atoms with Crippen LogP contribution in [0.4, 0.5) is 0 Å². The van der Waals surface area contributed by atoms with Crippen molar-refractivity contribution in [3.8, 4) is 11.3 Å². The van der Waals surface area contributed by atoms with E-state index in [1.165, 1.54) is 5.56 Å². The summed E-state index contributed by atoms with van der Waals surface area (Å²) in [6, 6.07) is 24.4. The molecule has 1 aromatic heterocycles. The van der Waals surface area contributed by atoms with Gasteiger partial charge in [0.2, 0.25) is 0 Å². The van der Waals surface area contributed by atoms with Crippen LogP contribution in [0.15, 0.2) is 72.8 Å². The van der Waals surface area contributed by atoms with Crippen molar-refractivity contribution in [2.45, 2.75) is 13.5 Å². The van der Waals surface area contributed by atoms with Gasteiger partial charge in [-0.1, -0.05) is 60.7 Å². The SMILES string of the molecule is Cc1nc(-c2ccccc2)ccc1C(=O)N1CCN(Cc2ccccc2)CC1. The molecule has 2 aromatic carbocycles. The molecule has 1 fully saturated rings. The Morgan fingerprint density at radius 2 is 1.50 bits per heavy atom. The van der Waals surface area contributed by atoms with E-state index in [9.17, 15) is 4.79 Å². The number of aromatic nitrogens is 1. The third-order valence-corrected chi connectivity index (χ3v) is 5.29. The van der Waals surface area contributed by atoms with Crippen LogP contribution < -0.4 is 0 Å². The highest BCUT2D eigenvalue weighted by molar-refractivity contribution is 5.95. The lowest BCUT2D eigenvalue weighted by Crippen LogP contribution is -2.48. The third kappa shape index (κ3) is 4.12. The first kappa shape index (κ1) is 18.4. The summed E-state index contributed by atoms with van der Waals surface area (Å²) in [5.74, 6) is 0.0870. The number of aryl methyl sites for hydroxylation is 1. The number of pyridine rings is 1. The fraction of sp³-hybridized carbons (Fsp3) is 0.250. The largest absolute Gasteiger partial charge is 0.336 e. The number of carbonyl (C=O) groups is 1. The molecule has 1 aliphatic heterocycles. The molecule has 1 aliphatic rings. The molecule has 1 amide bonds. The van der Waals surface area contributed by atoms with Gasteiger partial charge in [0.25, 0.3) is 5.91 Å². The maximum atomic E-state index is 13.0. The number of nitrogens with zero attached hydrogens (tertiary/aromatic N) is 3. The van der Waals surface area contributed by atoms with Crippen LogP contribution in [0.3, 0.4) is 0 Å². The van der Waals surface area contributed by atoms with Crippen LogP contribution in [0.1, 0.15) is 21.6 Å². The Morgan fingerprint density at radius 1 is 0.857 bits per heavy atom. The second-order valence-electron chi connectivity index (χ2n) is 7.25. The lowest BCUT2D eigenvalue weighted by molar-refractivity contribution is 0.0627. The molecule has 0 atom stereocenters. The van der Waals surface area contributed by atoms with Crippen LogP contribution in [0.5, 0.6) is 0 Å². The Bertz CT molecular complexity index is 933. The van der Waals surface area contributed by atoms with Gasteiger partial charge in [0.15, 0.2) is 0 Å². The van der Waals surface area contributed by atoms with E-state index < -0.39 is 0 Å². The average molecular weight is 371 g/mol. The molecule has 0 radical (unpaired) electrons. The molecule has 0 spiro atoms. The number of amides is 1. The van der Waals surface area contributed by atoms with Gasteiger partial charge in [-0.25, -0.2) is 0 Å². The van der Waals surface area contributed by atoms with Crippen molar-refractivity contribution in [1.82, 2.24) is 14.8 Å². The van der Waals surface area contributed by atoms with Crippen molar-refractivity contribution in [2.75, 3.05) is 26.2 Å². The predicted octanol–water partition coefficient (Wildman–Crippen LogP) is 4.02. The van der Waals surface area contributed by atoms with E-state index in [2.05, 4.69) is 34.1 Å². The summed E-state index contributed by atoms with van der Waals surface area (Å²) in [6.45, 7) is 6.17. The molecule has 4 heteroatoms. The van der Waals surface area contributed by atoms with Gasteiger partial charge in [-0.3, -0.25) is 14.7 Å². The molecule has 28 heavy (non-hydrogen) atoms. The number of benzene rings is 2. The van der Waals surface area contributed by atoms with Crippen LogP contribution in [0, 0.1) is 6.92 Å². The van der Waals surface area contributed by atoms with E-state index in [0.717, 1.165) is 49.7 Å². The van der Waals surface area contributed by atoms with E-state index in [1.54, 1.807) is 0 Å². The average Bonchev–Trinajstić information content (AvgIpc) is 2.75. The van der Waals surface area contributed by atoms with Gasteiger partial charge >= 0.3 is 0 Å². The Balaban J connectivity index is 1.40. The summed E-state index contributed by atoms with van der Waals surface area (Å²) >= 11 is 0. The summed E-state index contributed by atoms with van der Waals surface area (Å²) in [7, 11) is 0. The first-order valence-corrected chi connectivity index (χ1v) is 9.79. The van der Waals surface area contributed by atoms with E-state index in [4.69, 9.17) is 0 Å². The van der Waals surface area contributed by atoms with Gasteiger partial charge in [-0.15, -0.1) is 0 Å².